The van der Waals surface area contributed by atoms with E-state index in [1.165, 1.54) is 0 Å². The Kier molecular flexibility index (Phi) is 4.40. The summed E-state index contributed by atoms with van der Waals surface area (Å²) in [5.74, 6) is 2.64. The van der Waals surface area contributed by atoms with E-state index < -0.39 is 0 Å². The minimum atomic E-state index is 0.461. The molecule has 21 heavy (non-hydrogen) atoms. The molecule has 0 aliphatic carbocycles. The summed E-state index contributed by atoms with van der Waals surface area (Å²) in [5.41, 5.74) is 1.07. The van der Waals surface area contributed by atoms with Crippen molar-refractivity contribution >= 4 is 5.82 Å². The summed E-state index contributed by atoms with van der Waals surface area (Å²) < 4.78 is 5.80. The molecule has 0 amide bonds. The number of hydrogen-bond acceptors (Lipinski definition) is 5. The number of aromatic nitrogens is 2. The molecular weight excluding hydrogens is 264 g/mol. The molecule has 0 aromatic carbocycles. The Hall–Kier alpha value is -1.20. The van der Waals surface area contributed by atoms with Crippen molar-refractivity contribution in [2.45, 2.75) is 32.7 Å². The van der Waals surface area contributed by atoms with E-state index in [0.29, 0.717) is 12.0 Å². The van der Waals surface area contributed by atoms with E-state index in [1.807, 2.05) is 0 Å². The normalized spacial score (nSPS) is 26.7. The molecule has 2 aliphatic heterocycles. The first kappa shape index (κ1) is 14.7. The second kappa shape index (κ2) is 6.28. The van der Waals surface area contributed by atoms with E-state index in [-0.39, 0.29) is 0 Å². The van der Waals surface area contributed by atoms with Gasteiger partial charge in [-0.05, 0) is 20.4 Å². The molecule has 5 nitrogen and oxygen atoms in total. The van der Waals surface area contributed by atoms with E-state index in [4.69, 9.17) is 9.72 Å². The number of rotatable bonds is 3. The van der Waals surface area contributed by atoms with Crippen LogP contribution in [0.25, 0.3) is 0 Å². The summed E-state index contributed by atoms with van der Waals surface area (Å²) in [6.45, 7) is 9.08. The van der Waals surface area contributed by atoms with E-state index in [2.05, 4.69) is 41.7 Å². The molecule has 3 heterocycles. The van der Waals surface area contributed by atoms with Crippen LogP contribution in [-0.4, -0.2) is 60.8 Å². The lowest BCUT2D eigenvalue weighted by Gasteiger charge is -2.30. The van der Waals surface area contributed by atoms with Crippen LogP contribution in [0.3, 0.4) is 0 Å². The Balaban J connectivity index is 1.86. The fourth-order valence-corrected chi connectivity index (χ4v) is 3.35. The van der Waals surface area contributed by atoms with Crippen molar-refractivity contribution < 1.29 is 4.74 Å². The van der Waals surface area contributed by atoms with Gasteiger partial charge in [-0.1, -0.05) is 6.92 Å². The van der Waals surface area contributed by atoms with Crippen molar-refractivity contribution in [1.29, 1.82) is 0 Å². The van der Waals surface area contributed by atoms with Gasteiger partial charge in [0, 0.05) is 43.7 Å². The quantitative estimate of drug-likeness (QED) is 0.844. The van der Waals surface area contributed by atoms with Gasteiger partial charge in [0.2, 0.25) is 0 Å². The Morgan fingerprint density at radius 3 is 2.90 bits per heavy atom. The van der Waals surface area contributed by atoms with Gasteiger partial charge in [-0.2, -0.15) is 0 Å². The maximum absolute atomic E-state index is 5.80. The van der Waals surface area contributed by atoms with Gasteiger partial charge in [0.1, 0.15) is 11.6 Å². The molecule has 0 radical (unpaired) electrons. The minimum Gasteiger partial charge on any atom is -0.379 e. The van der Waals surface area contributed by atoms with Crippen molar-refractivity contribution in [2.24, 2.45) is 5.92 Å². The van der Waals surface area contributed by atoms with Gasteiger partial charge in [0.05, 0.1) is 19.3 Å². The first-order valence-electron chi connectivity index (χ1n) is 8.03. The molecule has 116 valence electrons. The van der Waals surface area contributed by atoms with E-state index in [0.717, 1.165) is 63.0 Å². The minimum absolute atomic E-state index is 0.461. The number of hydrogen-bond donors (Lipinski definition) is 0. The van der Waals surface area contributed by atoms with Gasteiger partial charge in [0.25, 0.3) is 0 Å². The van der Waals surface area contributed by atoms with E-state index >= 15 is 0 Å². The third-order valence-corrected chi connectivity index (χ3v) is 4.43. The van der Waals surface area contributed by atoms with Gasteiger partial charge in [-0.15, -0.1) is 0 Å². The van der Waals surface area contributed by atoms with Crippen molar-refractivity contribution in [3.8, 4) is 0 Å². The molecule has 3 rings (SSSR count). The number of ether oxygens (including phenoxy) is 1. The highest BCUT2D eigenvalue weighted by Gasteiger charge is 2.32. The maximum atomic E-state index is 5.80. The highest BCUT2D eigenvalue weighted by molar-refractivity contribution is 5.40. The lowest BCUT2D eigenvalue weighted by Crippen LogP contribution is -2.42. The molecule has 2 saturated heterocycles. The van der Waals surface area contributed by atoms with Crippen LogP contribution in [-0.2, 0) is 11.2 Å². The average Bonchev–Trinajstić information content (AvgIpc) is 2.66. The SMILES string of the molecule is CCCc1nc(C)cc(N2C[C@@H]3COC[C@H](C2)N(C)C3)n1. The number of aryl methyl sites for hydroxylation is 2. The van der Waals surface area contributed by atoms with Gasteiger partial charge < -0.3 is 9.64 Å². The smallest absolute Gasteiger partial charge is 0.132 e. The third-order valence-electron chi connectivity index (χ3n) is 4.43. The van der Waals surface area contributed by atoms with Crippen LogP contribution in [0.15, 0.2) is 6.07 Å². The Morgan fingerprint density at radius 1 is 1.24 bits per heavy atom. The predicted molar refractivity (Wildman–Crippen MR) is 83.7 cm³/mol. The summed E-state index contributed by atoms with van der Waals surface area (Å²) in [4.78, 5) is 14.2. The highest BCUT2D eigenvalue weighted by atomic mass is 16.5. The summed E-state index contributed by atoms with van der Waals surface area (Å²) >= 11 is 0. The standard InChI is InChI=1S/C16H26N4O/c1-4-5-15-17-12(2)6-16(18-15)20-8-13-7-19(3)14(9-20)11-21-10-13/h6,13-14H,4-5,7-11H2,1-3H3/t13-,14+/m1/s1. The van der Waals surface area contributed by atoms with Crippen LogP contribution >= 0.6 is 0 Å². The molecule has 2 atom stereocenters. The molecule has 1 aromatic rings. The Morgan fingerprint density at radius 2 is 2.10 bits per heavy atom. The maximum Gasteiger partial charge on any atom is 0.132 e. The number of likely N-dealkylation sites (N-methyl/N-ethyl adjacent to an activating group) is 1. The molecule has 2 bridgehead atoms. The van der Waals surface area contributed by atoms with Crippen LogP contribution in [0.5, 0.6) is 0 Å². The Labute approximate surface area is 127 Å². The van der Waals surface area contributed by atoms with Gasteiger partial charge in [-0.25, -0.2) is 9.97 Å². The van der Waals surface area contributed by atoms with Gasteiger partial charge in [0.15, 0.2) is 0 Å². The molecule has 2 fully saturated rings. The first-order valence-corrected chi connectivity index (χ1v) is 8.03. The van der Waals surface area contributed by atoms with Crippen molar-refractivity contribution in [3.63, 3.8) is 0 Å². The molecule has 0 saturated carbocycles. The fourth-order valence-electron chi connectivity index (χ4n) is 3.35. The predicted octanol–water partition coefficient (Wildman–Crippen LogP) is 1.50. The molecular formula is C16H26N4O. The topological polar surface area (TPSA) is 41.5 Å². The van der Waals surface area contributed by atoms with Crippen LogP contribution in [0.1, 0.15) is 24.9 Å². The van der Waals surface area contributed by atoms with Crippen LogP contribution in [0.4, 0.5) is 5.82 Å². The third kappa shape index (κ3) is 3.35. The second-order valence-electron chi connectivity index (χ2n) is 6.44. The highest BCUT2D eigenvalue weighted by Crippen LogP contribution is 2.23. The van der Waals surface area contributed by atoms with E-state index in [1.54, 1.807) is 0 Å². The fraction of sp³-hybridized carbons (Fsp3) is 0.750. The summed E-state index contributed by atoms with van der Waals surface area (Å²) in [6.07, 6.45) is 2.04. The molecule has 0 spiro atoms. The zero-order chi connectivity index (χ0) is 14.8. The lowest BCUT2D eigenvalue weighted by molar-refractivity contribution is 0.0930. The Bertz CT molecular complexity index is 493. The second-order valence-corrected chi connectivity index (χ2v) is 6.44. The zero-order valence-electron chi connectivity index (χ0n) is 13.4. The number of anilines is 1. The van der Waals surface area contributed by atoms with Crippen molar-refractivity contribution in [3.05, 3.63) is 17.6 Å². The number of fused-ring (bicyclic) bond motifs is 3. The van der Waals surface area contributed by atoms with Gasteiger partial charge >= 0.3 is 0 Å². The van der Waals surface area contributed by atoms with Crippen molar-refractivity contribution in [2.75, 3.05) is 44.8 Å². The van der Waals surface area contributed by atoms with Crippen LogP contribution < -0.4 is 4.90 Å². The summed E-state index contributed by atoms with van der Waals surface area (Å²) in [6, 6.07) is 2.59. The largest absolute Gasteiger partial charge is 0.379 e. The lowest BCUT2D eigenvalue weighted by atomic mass is 10.1. The van der Waals surface area contributed by atoms with Crippen LogP contribution in [0.2, 0.25) is 0 Å². The van der Waals surface area contributed by atoms with E-state index in [9.17, 15) is 0 Å². The average molecular weight is 290 g/mol. The monoisotopic (exact) mass is 290 g/mol. The molecule has 0 unspecified atom stereocenters. The molecule has 2 aliphatic rings. The molecule has 5 heteroatoms. The number of nitrogens with zero attached hydrogens (tertiary/aromatic N) is 4. The van der Waals surface area contributed by atoms with Gasteiger partial charge in [-0.3, -0.25) is 4.90 Å². The van der Waals surface area contributed by atoms with Crippen molar-refractivity contribution in [1.82, 2.24) is 14.9 Å². The molecule has 1 aromatic heterocycles. The molecule has 0 N–H and O–H groups in total. The summed E-state index contributed by atoms with van der Waals surface area (Å²) in [7, 11) is 2.21. The first-order chi connectivity index (χ1) is 10.2. The van der Waals surface area contributed by atoms with Crippen LogP contribution in [0, 0.1) is 12.8 Å². The summed E-state index contributed by atoms with van der Waals surface area (Å²) in [5, 5.41) is 0. The zero-order valence-corrected chi connectivity index (χ0v) is 13.4.